The van der Waals surface area contributed by atoms with E-state index in [9.17, 15) is 9.59 Å². The molecule has 0 fully saturated rings. The van der Waals surface area contributed by atoms with Crippen LogP contribution in [0.3, 0.4) is 0 Å². The Morgan fingerprint density at radius 2 is 1.95 bits per heavy atom. The molecule has 0 saturated heterocycles. The number of nitrogens with two attached hydrogens (primary N) is 2. The molecule has 1 aromatic carbocycles. The Balaban J connectivity index is 2.81. The molecule has 0 heterocycles. The van der Waals surface area contributed by atoms with E-state index in [1.54, 1.807) is 6.07 Å². The Morgan fingerprint density at radius 3 is 2.50 bits per heavy atom. The standard InChI is InChI=1S/C15H23N3O2/c1-3-11(2)8-15(20)18(10-14(17)19)9-12-6-4-5-7-13(12)16/h4-7,11H,3,8-10,16H2,1-2H3,(H2,17,19). The van der Waals surface area contributed by atoms with Gasteiger partial charge in [0.25, 0.3) is 0 Å². The van der Waals surface area contributed by atoms with Crippen LogP contribution >= 0.6 is 0 Å². The fraction of sp³-hybridized carbons (Fsp3) is 0.467. The van der Waals surface area contributed by atoms with Crippen LogP contribution in [-0.2, 0) is 16.1 Å². The van der Waals surface area contributed by atoms with Crippen LogP contribution in [-0.4, -0.2) is 23.3 Å². The summed E-state index contributed by atoms with van der Waals surface area (Å²) >= 11 is 0. The van der Waals surface area contributed by atoms with E-state index in [1.807, 2.05) is 32.0 Å². The van der Waals surface area contributed by atoms with E-state index < -0.39 is 5.91 Å². The lowest BCUT2D eigenvalue weighted by Crippen LogP contribution is -2.38. The SMILES string of the molecule is CCC(C)CC(=O)N(CC(N)=O)Cc1ccccc1N. The predicted octanol–water partition coefficient (Wildman–Crippen LogP) is 1.52. The zero-order chi connectivity index (χ0) is 15.1. The molecule has 20 heavy (non-hydrogen) atoms. The number of anilines is 1. The van der Waals surface area contributed by atoms with Crippen LogP contribution in [0.2, 0.25) is 0 Å². The third-order valence-corrected chi connectivity index (χ3v) is 3.34. The van der Waals surface area contributed by atoms with Crippen LogP contribution in [0.5, 0.6) is 0 Å². The first-order valence-electron chi connectivity index (χ1n) is 6.83. The summed E-state index contributed by atoms with van der Waals surface area (Å²) in [6, 6.07) is 7.31. The highest BCUT2D eigenvalue weighted by molar-refractivity contribution is 5.84. The van der Waals surface area contributed by atoms with Gasteiger partial charge in [-0.1, -0.05) is 38.5 Å². The molecule has 0 aliphatic rings. The molecule has 1 unspecified atom stereocenters. The van der Waals surface area contributed by atoms with Crippen molar-refractivity contribution in [2.45, 2.75) is 33.2 Å². The Hall–Kier alpha value is -2.04. The summed E-state index contributed by atoms with van der Waals surface area (Å²) in [6.45, 7) is 4.28. The minimum atomic E-state index is -0.517. The quantitative estimate of drug-likeness (QED) is 0.740. The average molecular weight is 277 g/mol. The van der Waals surface area contributed by atoms with Gasteiger partial charge in [0.2, 0.25) is 11.8 Å². The maximum absolute atomic E-state index is 12.2. The number of nitrogen functional groups attached to an aromatic ring is 1. The highest BCUT2D eigenvalue weighted by atomic mass is 16.2. The Labute approximate surface area is 119 Å². The van der Waals surface area contributed by atoms with Gasteiger partial charge >= 0.3 is 0 Å². The van der Waals surface area contributed by atoms with Crippen LogP contribution in [0.25, 0.3) is 0 Å². The van der Waals surface area contributed by atoms with E-state index in [2.05, 4.69) is 0 Å². The van der Waals surface area contributed by atoms with Crippen molar-refractivity contribution in [1.29, 1.82) is 0 Å². The minimum absolute atomic E-state index is 0.0681. The van der Waals surface area contributed by atoms with Crippen LogP contribution < -0.4 is 11.5 Å². The van der Waals surface area contributed by atoms with Gasteiger partial charge < -0.3 is 16.4 Å². The average Bonchev–Trinajstić information content (AvgIpc) is 2.39. The molecule has 2 amide bonds. The third kappa shape index (κ3) is 4.91. The number of hydrogen-bond acceptors (Lipinski definition) is 3. The van der Waals surface area contributed by atoms with Crippen molar-refractivity contribution in [3.8, 4) is 0 Å². The maximum atomic E-state index is 12.2. The van der Waals surface area contributed by atoms with Crippen LogP contribution in [0.4, 0.5) is 5.69 Å². The molecule has 0 aliphatic carbocycles. The second-order valence-electron chi connectivity index (χ2n) is 5.13. The van der Waals surface area contributed by atoms with Crippen molar-refractivity contribution in [3.05, 3.63) is 29.8 Å². The smallest absolute Gasteiger partial charge is 0.237 e. The van der Waals surface area contributed by atoms with Crippen LogP contribution in [0.1, 0.15) is 32.3 Å². The molecule has 4 N–H and O–H groups in total. The highest BCUT2D eigenvalue weighted by Gasteiger charge is 2.18. The van der Waals surface area contributed by atoms with Gasteiger partial charge in [-0.15, -0.1) is 0 Å². The Morgan fingerprint density at radius 1 is 1.30 bits per heavy atom. The lowest BCUT2D eigenvalue weighted by Gasteiger charge is -2.23. The maximum Gasteiger partial charge on any atom is 0.237 e. The summed E-state index contributed by atoms with van der Waals surface area (Å²) in [5, 5.41) is 0. The molecule has 5 nitrogen and oxygen atoms in total. The number of para-hydroxylation sites is 1. The first-order chi connectivity index (χ1) is 9.43. The van der Waals surface area contributed by atoms with Crippen molar-refractivity contribution in [2.75, 3.05) is 12.3 Å². The zero-order valence-electron chi connectivity index (χ0n) is 12.1. The van der Waals surface area contributed by atoms with Crippen LogP contribution in [0.15, 0.2) is 24.3 Å². The Bertz CT molecular complexity index is 474. The highest BCUT2D eigenvalue weighted by Crippen LogP contribution is 2.16. The van der Waals surface area contributed by atoms with Crippen molar-refractivity contribution in [3.63, 3.8) is 0 Å². The molecular weight excluding hydrogens is 254 g/mol. The number of primary amides is 1. The number of rotatable bonds is 7. The summed E-state index contributed by atoms with van der Waals surface area (Å²) in [5.41, 5.74) is 12.5. The molecule has 0 saturated carbocycles. The number of benzene rings is 1. The van der Waals surface area contributed by atoms with Crippen molar-refractivity contribution >= 4 is 17.5 Å². The molecule has 5 heteroatoms. The van der Waals surface area contributed by atoms with Gasteiger partial charge in [-0.05, 0) is 17.5 Å². The minimum Gasteiger partial charge on any atom is -0.398 e. The van der Waals surface area contributed by atoms with E-state index in [1.165, 1.54) is 4.90 Å². The van der Waals surface area contributed by atoms with Gasteiger partial charge in [-0.25, -0.2) is 0 Å². The molecule has 0 bridgehead atoms. The second kappa shape index (κ2) is 7.53. The molecule has 0 aliphatic heterocycles. The Kier molecular flexibility index (Phi) is 6.03. The van der Waals surface area contributed by atoms with Gasteiger partial charge in [-0.3, -0.25) is 9.59 Å². The first kappa shape index (κ1) is 16.0. The monoisotopic (exact) mass is 277 g/mol. The fourth-order valence-electron chi connectivity index (χ4n) is 1.88. The van der Waals surface area contributed by atoms with Gasteiger partial charge in [-0.2, -0.15) is 0 Å². The predicted molar refractivity (Wildman–Crippen MR) is 79.5 cm³/mol. The summed E-state index contributed by atoms with van der Waals surface area (Å²) in [5.74, 6) is -0.301. The largest absolute Gasteiger partial charge is 0.398 e. The van der Waals surface area contributed by atoms with E-state index in [-0.39, 0.29) is 18.4 Å². The molecule has 0 radical (unpaired) electrons. The fourth-order valence-corrected chi connectivity index (χ4v) is 1.88. The van der Waals surface area contributed by atoms with Gasteiger partial charge in [0, 0.05) is 18.7 Å². The lowest BCUT2D eigenvalue weighted by atomic mass is 10.0. The van der Waals surface area contributed by atoms with Crippen molar-refractivity contribution in [1.82, 2.24) is 4.90 Å². The molecule has 110 valence electrons. The topological polar surface area (TPSA) is 89.4 Å². The number of nitrogens with zero attached hydrogens (tertiary/aromatic N) is 1. The van der Waals surface area contributed by atoms with Crippen molar-refractivity contribution < 1.29 is 9.59 Å². The molecular formula is C15H23N3O2. The molecule has 1 atom stereocenters. The summed E-state index contributed by atoms with van der Waals surface area (Å²) in [6.07, 6.45) is 1.33. The van der Waals surface area contributed by atoms with E-state index >= 15 is 0 Å². The third-order valence-electron chi connectivity index (χ3n) is 3.34. The molecule has 1 aromatic rings. The molecule has 0 spiro atoms. The summed E-state index contributed by atoms with van der Waals surface area (Å²) in [7, 11) is 0. The van der Waals surface area contributed by atoms with Gasteiger partial charge in [0.15, 0.2) is 0 Å². The normalized spacial score (nSPS) is 11.9. The number of carbonyl (C=O) groups excluding carboxylic acids is 2. The second-order valence-corrected chi connectivity index (χ2v) is 5.13. The van der Waals surface area contributed by atoms with E-state index in [0.717, 1.165) is 12.0 Å². The number of carbonyl (C=O) groups is 2. The number of hydrogen-bond donors (Lipinski definition) is 2. The van der Waals surface area contributed by atoms with Crippen LogP contribution in [0, 0.1) is 5.92 Å². The van der Waals surface area contributed by atoms with E-state index in [4.69, 9.17) is 11.5 Å². The zero-order valence-corrected chi connectivity index (χ0v) is 12.1. The van der Waals surface area contributed by atoms with Crippen molar-refractivity contribution in [2.24, 2.45) is 11.7 Å². The molecule has 1 rings (SSSR count). The lowest BCUT2D eigenvalue weighted by molar-refractivity contribution is -0.136. The summed E-state index contributed by atoms with van der Waals surface area (Å²) in [4.78, 5) is 24.9. The van der Waals surface area contributed by atoms with E-state index in [0.29, 0.717) is 18.7 Å². The first-order valence-corrected chi connectivity index (χ1v) is 6.83. The van der Waals surface area contributed by atoms with Gasteiger partial charge in [0.1, 0.15) is 0 Å². The molecule has 0 aromatic heterocycles. The van der Waals surface area contributed by atoms with Gasteiger partial charge in [0.05, 0.1) is 6.54 Å². The summed E-state index contributed by atoms with van der Waals surface area (Å²) < 4.78 is 0. The number of amides is 2.